The van der Waals surface area contributed by atoms with E-state index in [4.69, 9.17) is 4.74 Å². The Labute approximate surface area is 151 Å². The van der Waals surface area contributed by atoms with Gasteiger partial charge in [0.15, 0.2) is 0 Å². The molecule has 1 N–H and O–H groups in total. The summed E-state index contributed by atoms with van der Waals surface area (Å²) in [6.45, 7) is 0.804. The predicted molar refractivity (Wildman–Crippen MR) is 100 cm³/mol. The van der Waals surface area contributed by atoms with Crippen LogP contribution in [0.15, 0.2) is 55.4 Å². The molecule has 7 heteroatoms. The minimum Gasteiger partial charge on any atom is -0.494 e. The van der Waals surface area contributed by atoms with Crippen molar-refractivity contribution in [2.45, 2.75) is 6.42 Å². The molecule has 0 aliphatic heterocycles. The highest BCUT2D eigenvalue weighted by molar-refractivity contribution is 5.81. The number of fused-ring (bicyclic) bond motifs is 1. The minimum absolute atomic E-state index is 0.773. The lowest BCUT2D eigenvalue weighted by atomic mass is 10.1. The van der Waals surface area contributed by atoms with Gasteiger partial charge in [-0.15, -0.1) is 0 Å². The Balaban J connectivity index is 1.60. The van der Waals surface area contributed by atoms with Crippen molar-refractivity contribution in [2.75, 3.05) is 19.0 Å². The van der Waals surface area contributed by atoms with Gasteiger partial charge in [0.1, 0.15) is 11.3 Å². The zero-order chi connectivity index (χ0) is 17.9. The molecule has 26 heavy (non-hydrogen) atoms. The third kappa shape index (κ3) is 3.11. The number of methoxy groups -OCH3 is 1. The second kappa shape index (κ2) is 6.87. The zero-order valence-electron chi connectivity index (χ0n) is 14.8. The first-order chi connectivity index (χ1) is 12.7. The van der Waals surface area contributed by atoms with E-state index in [1.165, 1.54) is 5.56 Å². The van der Waals surface area contributed by atoms with E-state index in [1.54, 1.807) is 11.8 Å². The molecule has 0 saturated heterocycles. The van der Waals surface area contributed by atoms with E-state index in [1.807, 2.05) is 66.9 Å². The molecule has 0 spiro atoms. The average Bonchev–Trinajstić information content (AvgIpc) is 3.28. The number of aryl methyl sites for hydroxylation is 1. The lowest BCUT2D eigenvalue weighted by Crippen LogP contribution is -2.05. The Morgan fingerprint density at radius 3 is 2.65 bits per heavy atom. The molecular formula is C19H20N6O. The normalized spacial score (nSPS) is 11.0. The van der Waals surface area contributed by atoms with E-state index in [9.17, 15) is 0 Å². The van der Waals surface area contributed by atoms with Gasteiger partial charge in [0.2, 0.25) is 0 Å². The Morgan fingerprint density at radius 2 is 1.92 bits per heavy atom. The van der Waals surface area contributed by atoms with Crippen LogP contribution in [0.2, 0.25) is 0 Å². The maximum atomic E-state index is 5.62. The fourth-order valence-corrected chi connectivity index (χ4v) is 2.99. The maximum Gasteiger partial charge on any atom is 0.147 e. The molecule has 0 aromatic carbocycles. The van der Waals surface area contributed by atoms with Crippen molar-refractivity contribution in [1.29, 1.82) is 0 Å². The quantitative estimate of drug-likeness (QED) is 0.580. The molecule has 4 aromatic heterocycles. The smallest absolute Gasteiger partial charge is 0.147 e. The molecule has 4 rings (SSSR count). The van der Waals surface area contributed by atoms with E-state index < -0.39 is 0 Å². The number of hydrogen-bond donors (Lipinski definition) is 1. The summed E-state index contributed by atoms with van der Waals surface area (Å²) in [5.41, 5.74) is 5.16. The largest absolute Gasteiger partial charge is 0.494 e. The van der Waals surface area contributed by atoms with Crippen LogP contribution in [0.1, 0.15) is 5.56 Å². The van der Waals surface area contributed by atoms with Crippen LogP contribution in [0.25, 0.3) is 16.6 Å². The second-order valence-electron chi connectivity index (χ2n) is 6.08. The van der Waals surface area contributed by atoms with Gasteiger partial charge in [0.05, 0.1) is 25.2 Å². The average molecular weight is 348 g/mol. The number of pyridine rings is 2. The summed E-state index contributed by atoms with van der Waals surface area (Å²) < 4.78 is 9.25. The van der Waals surface area contributed by atoms with E-state index in [-0.39, 0.29) is 0 Å². The van der Waals surface area contributed by atoms with Gasteiger partial charge in [0.25, 0.3) is 0 Å². The molecule has 7 nitrogen and oxygen atoms in total. The van der Waals surface area contributed by atoms with E-state index in [2.05, 4.69) is 20.5 Å². The van der Waals surface area contributed by atoms with Gasteiger partial charge >= 0.3 is 0 Å². The maximum absolute atomic E-state index is 5.62. The monoisotopic (exact) mass is 348 g/mol. The first kappa shape index (κ1) is 16.1. The van der Waals surface area contributed by atoms with Crippen LogP contribution in [-0.4, -0.2) is 38.0 Å². The van der Waals surface area contributed by atoms with Crippen molar-refractivity contribution in [3.8, 4) is 16.9 Å². The number of hydrogen-bond acceptors (Lipinski definition) is 5. The van der Waals surface area contributed by atoms with Crippen molar-refractivity contribution in [3.05, 3.63) is 60.9 Å². The van der Waals surface area contributed by atoms with Crippen LogP contribution < -0.4 is 10.1 Å². The second-order valence-corrected chi connectivity index (χ2v) is 6.08. The lowest BCUT2D eigenvalue weighted by Gasteiger charge is -2.09. The third-order valence-electron chi connectivity index (χ3n) is 4.31. The summed E-state index contributed by atoms with van der Waals surface area (Å²) in [7, 11) is 3.58. The molecule has 0 aliphatic rings. The van der Waals surface area contributed by atoms with Crippen LogP contribution >= 0.6 is 0 Å². The Kier molecular flexibility index (Phi) is 4.27. The first-order valence-electron chi connectivity index (χ1n) is 8.42. The van der Waals surface area contributed by atoms with Crippen molar-refractivity contribution in [2.24, 2.45) is 7.05 Å². The van der Waals surface area contributed by atoms with Crippen molar-refractivity contribution >= 4 is 11.2 Å². The van der Waals surface area contributed by atoms with Crippen molar-refractivity contribution in [1.82, 2.24) is 24.4 Å². The topological polar surface area (TPSA) is 69.3 Å². The number of nitrogens with one attached hydrogen (secondary N) is 1. The summed E-state index contributed by atoms with van der Waals surface area (Å²) in [5, 5.41) is 12.2. The third-order valence-corrected chi connectivity index (χ3v) is 4.31. The van der Waals surface area contributed by atoms with E-state index in [0.717, 1.165) is 41.0 Å². The van der Waals surface area contributed by atoms with Crippen LogP contribution in [0.4, 0.5) is 5.69 Å². The molecule has 4 aromatic rings. The predicted octanol–water partition coefficient (Wildman–Crippen LogP) is 2.79. The molecule has 0 atom stereocenters. The summed E-state index contributed by atoms with van der Waals surface area (Å²) in [5.74, 6) is 0.773. The van der Waals surface area contributed by atoms with Gasteiger partial charge in [-0.25, -0.2) is 4.52 Å². The van der Waals surface area contributed by atoms with Gasteiger partial charge in [-0.2, -0.15) is 10.2 Å². The Hall–Kier alpha value is -3.35. The van der Waals surface area contributed by atoms with Crippen LogP contribution in [0.3, 0.4) is 0 Å². The van der Waals surface area contributed by atoms with Crippen LogP contribution in [0, 0.1) is 0 Å². The van der Waals surface area contributed by atoms with Crippen molar-refractivity contribution < 1.29 is 4.74 Å². The Bertz CT molecular complexity index is 1020. The molecule has 132 valence electrons. The Morgan fingerprint density at radius 1 is 1.08 bits per heavy atom. The summed E-state index contributed by atoms with van der Waals surface area (Å²) in [4.78, 5) is 4.05. The molecule has 0 aliphatic carbocycles. The lowest BCUT2D eigenvalue weighted by molar-refractivity contribution is 0.418. The van der Waals surface area contributed by atoms with Gasteiger partial charge in [-0.3, -0.25) is 9.67 Å². The highest BCUT2D eigenvalue weighted by Gasteiger charge is 2.13. The fraction of sp³-hybridized carbons (Fsp3) is 0.211. The van der Waals surface area contributed by atoms with Crippen molar-refractivity contribution in [3.63, 3.8) is 0 Å². The summed E-state index contributed by atoms with van der Waals surface area (Å²) in [6.07, 6.45) is 12.2. The number of ether oxygens (including phenoxy) is 1. The van der Waals surface area contributed by atoms with Crippen LogP contribution in [0.5, 0.6) is 5.75 Å². The number of aromatic nitrogens is 5. The number of anilines is 1. The standard InChI is InChI=1S/C19H20N6O/c1-24-12-16(10-22-24)15-9-18(26-2)19-17(11-23-25(19)13-15)21-8-5-14-3-6-20-7-4-14/h3-4,6-7,9-13,21H,5,8H2,1-2H3. The molecule has 0 saturated carbocycles. The highest BCUT2D eigenvalue weighted by Crippen LogP contribution is 2.32. The van der Waals surface area contributed by atoms with Gasteiger partial charge in [0, 0.05) is 49.5 Å². The number of nitrogens with zero attached hydrogens (tertiary/aromatic N) is 5. The summed E-state index contributed by atoms with van der Waals surface area (Å²) >= 11 is 0. The zero-order valence-corrected chi connectivity index (χ0v) is 14.8. The minimum atomic E-state index is 0.773. The molecule has 0 unspecified atom stereocenters. The molecule has 0 radical (unpaired) electrons. The molecular weight excluding hydrogens is 328 g/mol. The molecule has 0 bridgehead atoms. The molecule has 0 fully saturated rings. The highest BCUT2D eigenvalue weighted by atomic mass is 16.5. The SMILES string of the molecule is COc1cc(-c2cnn(C)c2)cn2ncc(NCCc3ccncc3)c12. The van der Waals surface area contributed by atoms with Crippen LogP contribution in [-0.2, 0) is 13.5 Å². The van der Waals surface area contributed by atoms with Gasteiger partial charge in [-0.1, -0.05) is 0 Å². The van der Waals surface area contributed by atoms with Gasteiger partial charge in [-0.05, 0) is 30.2 Å². The van der Waals surface area contributed by atoms with E-state index in [0.29, 0.717) is 0 Å². The van der Waals surface area contributed by atoms with Gasteiger partial charge < -0.3 is 10.1 Å². The van der Waals surface area contributed by atoms with E-state index >= 15 is 0 Å². The fourth-order valence-electron chi connectivity index (χ4n) is 2.99. The summed E-state index contributed by atoms with van der Waals surface area (Å²) in [6, 6.07) is 6.07. The molecule has 0 amide bonds. The molecule has 4 heterocycles. The first-order valence-corrected chi connectivity index (χ1v) is 8.42. The number of rotatable bonds is 6.